The van der Waals surface area contributed by atoms with Crippen LogP contribution in [0.2, 0.25) is 0 Å². The molecule has 5 heteroatoms. The first-order valence-electron chi connectivity index (χ1n) is 8.50. The highest BCUT2D eigenvalue weighted by atomic mass is 32.2. The number of aromatic nitrogens is 2. The van der Waals surface area contributed by atoms with Crippen LogP contribution >= 0.6 is 11.8 Å². The topological polar surface area (TPSA) is 38.2 Å². The molecule has 2 aromatic rings. The Kier molecular flexibility index (Phi) is 8.49. The van der Waals surface area contributed by atoms with E-state index in [1.54, 1.807) is 18.0 Å². The van der Waals surface area contributed by atoms with Crippen molar-refractivity contribution in [1.29, 1.82) is 0 Å². The van der Waals surface area contributed by atoms with Crippen molar-refractivity contribution in [2.24, 2.45) is 0 Å². The summed E-state index contributed by atoms with van der Waals surface area (Å²) in [4.78, 5) is 10.9. The maximum atomic E-state index is 6.14. The van der Waals surface area contributed by atoms with Crippen LogP contribution in [0, 0.1) is 0 Å². The molecular weight excluding hydrogens is 330 g/mol. The highest BCUT2D eigenvalue weighted by molar-refractivity contribution is 7.97. The van der Waals surface area contributed by atoms with Crippen molar-refractivity contribution in [2.75, 3.05) is 19.8 Å². The van der Waals surface area contributed by atoms with Gasteiger partial charge in [0.15, 0.2) is 0 Å². The van der Waals surface area contributed by atoms with Crippen LogP contribution in [-0.2, 0) is 12.3 Å². The maximum Gasteiger partial charge on any atom is 0.213 e. The van der Waals surface area contributed by atoms with E-state index in [2.05, 4.69) is 46.9 Å². The molecule has 0 aromatic carbocycles. The lowest BCUT2D eigenvalue weighted by molar-refractivity contribution is 0.132. The van der Waals surface area contributed by atoms with Crippen LogP contribution in [0.3, 0.4) is 0 Å². The lowest BCUT2D eigenvalue weighted by Crippen LogP contribution is -2.33. The maximum absolute atomic E-state index is 6.14. The standard InChI is InChI=1S/C20H27N3OS/c1-4-5-8-19(15-23(2)14-17-7-6-11-21-12-17)24-20-10-9-18(13-22-20)16-25-3/h4,6-7,9-13,19H,1,5,8,14-16H2,2-3H3. The molecule has 134 valence electrons. The number of ether oxygens (including phenoxy) is 1. The molecule has 1 atom stereocenters. The Morgan fingerprint density at radius 3 is 2.80 bits per heavy atom. The van der Waals surface area contributed by atoms with E-state index in [-0.39, 0.29) is 6.10 Å². The van der Waals surface area contributed by atoms with E-state index in [1.807, 2.05) is 30.6 Å². The normalized spacial score (nSPS) is 12.1. The quantitative estimate of drug-likeness (QED) is 0.564. The minimum atomic E-state index is 0.0820. The molecule has 25 heavy (non-hydrogen) atoms. The molecule has 1 unspecified atom stereocenters. The summed E-state index contributed by atoms with van der Waals surface area (Å²) in [5, 5.41) is 0. The smallest absolute Gasteiger partial charge is 0.213 e. The van der Waals surface area contributed by atoms with Crippen molar-refractivity contribution in [2.45, 2.75) is 31.2 Å². The minimum Gasteiger partial charge on any atom is -0.473 e. The van der Waals surface area contributed by atoms with Gasteiger partial charge in [0, 0.05) is 43.5 Å². The third-order valence-electron chi connectivity index (χ3n) is 3.78. The van der Waals surface area contributed by atoms with Gasteiger partial charge in [0.05, 0.1) is 0 Å². The average Bonchev–Trinajstić information content (AvgIpc) is 2.62. The summed E-state index contributed by atoms with van der Waals surface area (Å²) in [6.45, 7) is 5.50. The van der Waals surface area contributed by atoms with Gasteiger partial charge in [-0.15, -0.1) is 6.58 Å². The SMILES string of the molecule is C=CCCC(CN(C)Cc1cccnc1)Oc1ccc(CSC)cn1. The van der Waals surface area contributed by atoms with Gasteiger partial charge in [-0.3, -0.25) is 9.88 Å². The molecule has 2 rings (SSSR count). The van der Waals surface area contributed by atoms with Crippen LogP contribution < -0.4 is 4.74 Å². The Balaban J connectivity index is 1.93. The molecule has 0 radical (unpaired) electrons. The fourth-order valence-electron chi connectivity index (χ4n) is 2.61. The molecule has 2 aromatic heterocycles. The van der Waals surface area contributed by atoms with Gasteiger partial charge in [0.1, 0.15) is 6.10 Å². The van der Waals surface area contributed by atoms with E-state index < -0.39 is 0 Å². The zero-order chi connectivity index (χ0) is 17.9. The third kappa shape index (κ3) is 7.28. The highest BCUT2D eigenvalue weighted by Crippen LogP contribution is 2.16. The molecule has 0 amide bonds. The molecule has 0 aliphatic rings. The van der Waals surface area contributed by atoms with E-state index in [1.165, 1.54) is 11.1 Å². The number of rotatable bonds is 11. The Hall–Kier alpha value is -1.85. The summed E-state index contributed by atoms with van der Waals surface area (Å²) >= 11 is 1.79. The van der Waals surface area contributed by atoms with Crippen molar-refractivity contribution in [3.8, 4) is 5.88 Å². The third-order valence-corrected chi connectivity index (χ3v) is 4.40. The van der Waals surface area contributed by atoms with Gasteiger partial charge in [-0.25, -0.2) is 4.98 Å². The second-order valence-corrected chi connectivity index (χ2v) is 6.97. The van der Waals surface area contributed by atoms with E-state index in [9.17, 15) is 0 Å². The van der Waals surface area contributed by atoms with Gasteiger partial charge in [-0.2, -0.15) is 11.8 Å². The molecule has 2 heterocycles. The Morgan fingerprint density at radius 1 is 1.28 bits per heavy atom. The summed E-state index contributed by atoms with van der Waals surface area (Å²) in [6, 6.07) is 8.11. The fourth-order valence-corrected chi connectivity index (χ4v) is 3.11. The zero-order valence-corrected chi connectivity index (χ0v) is 15.9. The molecule has 0 fully saturated rings. The van der Waals surface area contributed by atoms with Crippen molar-refractivity contribution in [3.63, 3.8) is 0 Å². The van der Waals surface area contributed by atoms with Gasteiger partial charge < -0.3 is 4.74 Å². The molecule has 0 aliphatic carbocycles. The molecule has 0 saturated carbocycles. The highest BCUT2D eigenvalue weighted by Gasteiger charge is 2.14. The van der Waals surface area contributed by atoms with Gasteiger partial charge in [0.25, 0.3) is 0 Å². The number of nitrogens with zero attached hydrogens (tertiary/aromatic N) is 3. The second-order valence-electron chi connectivity index (χ2n) is 6.10. The minimum absolute atomic E-state index is 0.0820. The number of likely N-dealkylation sites (N-methyl/N-ethyl adjacent to an activating group) is 1. The van der Waals surface area contributed by atoms with Crippen LogP contribution in [-0.4, -0.2) is 40.8 Å². The molecule has 0 N–H and O–H groups in total. The summed E-state index contributed by atoms with van der Waals surface area (Å²) in [5.74, 6) is 1.66. The lowest BCUT2D eigenvalue weighted by atomic mass is 10.1. The van der Waals surface area contributed by atoms with Crippen molar-refractivity contribution < 1.29 is 4.74 Å². The molecule has 4 nitrogen and oxygen atoms in total. The second kappa shape index (κ2) is 10.9. The van der Waals surface area contributed by atoms with Gasteiger partial charge in [0.2, 0.25) is 5.88 Å². The summed E-state index contributed by atoms with van der Waals surface area (Å²) < 4.78 is 6.14. The van der Waals surface area contributed by atoms with E-state index >= 15 is 0 Å². The van der Waals surface area contributed by atoms with E-state index in [0.717, 1.165) is 31.7 Å². The number of allylic oxidation sites excluding steroid dienone is 1. The molecule has 0 bridgehead atoms. The first-order chi connectivity index (χ1) is 12.2. The molecule has 0 spiro atoms. The number of thioether (sulfide) groups is 1. The molecule has 0 saturated heterocycles. The molecular formula is C20H27N3OS. The van der Waals surface area contributed by atoms with Gasteiger partial charge in [-0.05, 0) is 43.3 Å². The number of hydrogen-bond acceptors (Lipinski definition) is 5. The Labute approximate surface area is 155 Å². The summed E-state index contributed by atoms with van der Waals surface area (Å²) in [6.07, 6.45) is 11.6. The van der Waals surface area contributed by atoms with Crippen LogP contribution in [0.4, 0.5) is 0 Å². The number of pyridine rings is 2. The van der Waals surface area contributed by atoms with E-state index in [0.29, 0.717) is 5.88 Å². The van der Waals surface area contributed by atoms with Crippen molar-refractivity contribution in [3.05, 3.63) is 66.6 Å². The lowest BCUT2D eigenvalue weighted by Gasteiger charge is -2.24. The summed E-state index contributed by atoms with van der Waals surface area (Å²) in [7, 11) is 2.10. The van der Waals surface area contributed by atoms with E-state index in [4.69, 9.17) is 4.74 Å². The first kappa shape index (κ1) is 19.5. The molecule has 0 aliphatic heterocycles. The predicted octanol–water partition coefficient (Wildman–Crippen LogP) is 4.19. The Bertz CT molecular complexity index is 619. The van der Waals surface area contributed by atoms with Crippen LogP contribution in [0.5, 0.6) is 5.88 Å². The predicted molar refractivity (Wildman–Crippen MR) is 106 cm³/mol. The van der Waals surface area contributed by atoms with Gasteiger partial charge >= 0.3 is 0 Å². The monoisotopic (exact) mass is 357 g/mol. The summed E-state index contributed by atoms with van der Waals surface area (Å²) in [5.41, 5.74) is 2.42. The first-order valence-corrected chi connectivity index (χ1v) is 9.89. The zero-order valence-electron chi connectivity index (χ0n) is 15.1. The van der Waals surface area contributed by atoms with Crippen LogP contribution in [0.25, 0.3) is 0 Å². The fraction of sp³-hybridized carbons (Fsp3) is 0.400. The van der Waals surface area contributed by atoms with Crippen molar-refractivity contribution >= 4 is 11.8 Å². The van der Waals surface area contributed by atoms with Crippen molar-refractivity contribution in [1.82, 2.24) is 14.9 Å². The average molecular weight is 358 g/mol. The van der Waals surface area contributed by atoms with Crippen LogP contribution in [0.15, 0.2) is 55.5 Å². The van der Waals surface area contributed by atoms with Crippen LogP contribution in [0.1, 0.15) is 24.0 Å². The van der Waals surface area contributed by atoms with Gasteiger partial charge in [-0.1, -0.05) is 18.2 Å². The Morgan fingerprint density at radius 2 is 2.16 bits per heavy atom. The number of hydrogen-bond donors (Lipinski definition) is 0. The largest absolute Gasteiger partial charge is 0.473 e.